The lowest BCUT2D eigenvalue weighted by Crippen LogP contribution is -2.60. The molecule has 3 N–H and O–H groups in total. The zero-order valence-corrected chi connectivity index (χ0v) is 32.8. The lowest BCUT2D eigenvalue weighted by atomic mass is 9.85. The molecule has 2 aliphatic heterocycles. The zero-order chi connectivity index (χ0) is 39.4. The molecule has 1 aromatic heterocycles. The highest BCUT2D eigenvalue weighted by atomic mass is 32.2. The van der Waals surface area contributed by atoms with Crippen LogP contribution in [0.3, 0.4) is 0 Å². The fraction of sp³-hybridized carbons (Fsp3) is 0.605. The molecule has 4 amide bonds. The van der Waals surface area contributed by atoms with Crippen LogP contribution in [0.15, 0.2) is 37.1 Å². The van der Waals surface area contributed by atoms with E-state index in [-0.39, 0.29) is 25.3 Å². The number of amides is 4. The van der Waals surface area contributed by atoms with Gasteiger partial charge in [-0.3, -0.25) is 19.1 Å². The van der Waals surface area contributed by atoms with Gasteiger partial charge in [-0.1, -0.05) is 33.8 Å². The number of hydrogen-bond donors (Lipinski definition) is 3. The van der Waals surface area contributed by atoms with Crippen LogP contribution in [0.25, 0.3) is 10.8 Å². The lowest BCUT2D eigenvalue weighted by Gasteiger charge is -2.36. The Kier molecular flexibility index (Phi) is 10.1. The summed E-state index contributed by atoms with van der Waals surface area (Å²) in [4.78, 5) is 61.5. The Morgan fingerprint density at radius 3 is 2.39 bits per heavy atom. The quantitative estimate of drug-likeness (QED) is 0.282. The van der Waals surface area contributed by atoms with Crippen LogP contribution >= 0.6 is 0 Å². The fourth-order valence-electron chi connectivity index (χ4n) is 7.22. The summed E-state index contributed by atoms with van der Waals surface area (Å²) in [7, 11) is -4.02. The van der Waals surface area contributed by atoms with E-state index in [1.54, 1.807) is 72.9 Å². The van der Waals surface area contributed by atoms with Crippen molar-refractivity contribution in [3.63, 3.8) is 0 Å². The average molecular weight is 770 g/mol. The summed E-state index contributed by atoms with van der Waals surface area (Å²) in [6.07, 6.45) is 2.88. The van der Waals surface area contributed by atoms with Gasteiger partial charge in [-0.05, 0) is 70.1 Å². The van der Waals surface area contributed by atoms with Crippen LogP contribution in [0.2, 0.25) is 0 Å². The van der Waals surface area contributed by atoms with Gasteiger partial charge in [-0.25, -0.2) is 18.2 Å². The smallest absolute Gasteiger partial charge is 0.408 e. The predicted octanol–water partition coefficient (Wildman–Crippen LogP) is 3.74. The second-order valence-corrected chi connectivity index (χ2v) is 18.8. The van der Waals surface area contributed by atoms with E-state index in [0.29, 0.717) is 49.4 Å². The molecule has 3 fully saturated rings. The highest BCUT2D eigenvalue weighted by molar-refractivity contribution is 7.91. The first-order valence-electron chi connectivity index (χ1n) is 18.4. The van der Waals surface area contributed by atoms with Crippen molar-refractivity contribution >= 4 is 44.6 Å². The van der Waals surface area contributed by atoms with E-state index >= 15 is 0 Å². The van der Waals surface area contributed by atoms with E-state index in [1.807, 2.05) is 0 Å². The number of likely N-dealkylation sites (tertiary alicyclic amines) is 1. The summed E-state index contributed by atoms with van der Waals surface area (Å²) < 4.78 is 51.3. The molecule has 15 nitrogen and oxygen atoms in total. The molecule has 2 saturated carbocycles. The van der Waals surface area contributed by atoms with Gasteiger partial charge in [-0.2, -0.15) is 0 Å². The van der Waals surface area contributed by atoms with E-state index in [4.69, 9.17) is 18.9 Å². The molecule has 4 aliphatic rings. The topological polar surface area (TPSA) is 192 Å². The van der Waals surface area contributed by atoms with Gasteiger partial charge in [-0.15, -0.1) is 6.58 Å². The number of sulfonamides is 1. The number of hydrogen-bond acceptors (Lipinski definition) is 11. The van der Waals surface area contributed by atoms with Gasteiger partial charge in [0, 0.05) is 29.3 Å². The lowest BCUT2D eigenvalue weighted by molar-refractivity contribution is -0.143. The molecule has 54 heavy (non-hydrogen) atoms. The standard InChI is InChI=1S/C38H51N5O10S/c1-9-22-20-38(22,33(46)42-54(48,49)37(10-2)14-15-37)41-30(44)26-19-23(21-43(26)32(45)29(35(3,4)5)40-34(47)53-36(6,7)8)52-31-25-11-12-27-28(51-18-17-50-27)24(25)13-16-39-31/h9,11-13,16,22-23,26,29H,1,10,14-15,17-21H2,2-8H3,(H,40,47)(H,41,44)(H,42,46)/t22-,23?,26+,29-,38-/m1/s1. The molecule has 0 radical (unpaired) electrons. The minimum Gasteiger partial charge on any atom is -0.486 e. The highest BCUT2D eigenvalue weighted by Crippen LogP contribution is 2.49. The third kappa shape index (κ3) is 7.53. The largest absolute Gasteiger partial charge is 0.486 e. The van der Waals surface area contributed by atoms with Crippen molar-refractivity contribution in [1.82, 2.24) is 25.2 Å². The van der Waals surface area contributed by atoms with Crippen molar-refractivity contribution in [2.75, 3.05) is 19.8 Å². The maximum absolute atomic E-state index is 14.6. The minimum absolute atomic E-state index is 0.00279. The first-order chi connectivity index (χ1) is 25.2. The van der Waals surface area contributed by atoms with Gasteiger partial charge in [0.1, 0.15) is 42.5 Å². The van der Waals surface area contributed by atoms with Gasteiger partial charge in [0.05, 0.1) is 11.3 Å². The number of ether oxygens (including phenoxy) is 4. The monoisotopic (exact) mass is 769 g/mol. The van der Waals surface area contributed by atoms with Crippen LogP contribution in [-0.4, -0.2) is 95.9 Å². The van der Waals surface area contributed by atoms with E-state index in [9.17, 15) is 27.6 Å². The van der Waals surface area contributed by atoms with E-state index in [1.165, 1.54) is 11.0 Å². The molecule has 6 rings (SSSR count). The van der Waals surface area contributed by atoms with Crippen molar-refractivity contribution in [3.8, 4) is 17.4 Å². The number of nitrogens with zero attached hydrogens (tertiary/aromatic N) is 2. The summed E-state index contributed by atoms with van der Waals surface area (Å²) in [5, 5.41) is 6.87. The van der Waals surface area contributed by atoms with Crippen LogP contribution < -0.4 is 29.6 Å². The normalized spacial score (nSPS) is 24.9. The Hall–Kier alpha value is -4.60. The third-order valence-electron chi connectivity index (χ3n) is 10.6. The molecule has 2 aliphatic carbocycles. The summed E-state index contributed by atoms with van der Waals surface area (Å²) >= 11 is 0. The fourth-order valence-corrected chi connectivity index (χ4v) is 8.88. The summed E-state index contributed by atoms with van der Waals surface area (Å²) in [5.41, 5.74) is -3.25. The average Bonchev–Trinajstić information content (AvgIpc) is 4.00. The molecular formula is C38H51N5O10S. The molecule has 2 aromatic rings. The van der Waals surface area contributed by atoms with E-state index < -0.39 is 79.2 Å². The molecule has 16 heteroatoms. The third-order valence-corrected chi connectivity index (χ3v) is 12.9. The van der Waals surface area contributed by atoms with Gasteiger partial charge in [0.25, 0.3) is 5.91 Å². The Labute approximate surface area is 315 Å². The van der Waals surface area contributed by atoms with Crippen LogP contribution in [0.4, 0.5) is 4.79 Å². The first-order valence-corrected chi connectivity index (χ1v) is 19.9. The van der Waals surface area contributed by atoms with Gasteiger partial charge in [0.2, 0.25) is 27.7 Å². The molecule has 1 aromatic carbocycles. The van der Waals surface area contributed by atoms with Crippen LogP contribution in [0.1, 0.15) is 80.6 Å². The van der Waals surface area contributed by atoms with Crippen LogP contribution in [-0.2, 0) is 29.1 Å². The van der Waals surface area contributed by atoms with Gasteiger partial charge in [0.15, 0.2) is 11.5 Å². The molecule has 1 unspecified atom stereocenters. The number of nitrogens with one attached hydrogen (secondary N) is 3. The highest BCUT2D eigenvalue weighted by Gasteiger charge is 2.63. The van der Waals surface area contributed by atoms with Crippen molar-refractivity contribution in [2.24, 2.45) is 11.3 Å². The molecular weight excluding hydrogens is 719 g/mol. The molecule has 0 spiro atoms. The number of aromatic nitrogens is 1. The first kappa shape index (κ1) is 39.1. The van der Waals surface area contributed by atoms with Crippen LogP contribution in [0, 0.1) is 11.3 Å². The number of alkyl carbamates (subject to hydrolysis) is 1. The Morgan fingerprint density at radius 1 is 1.07 bits per heavy atom. The van der Waals surface area contributed by atoms with Crippen molar-refractivity contribution in [3.05, 3.63) is 37.1 Å². The second-order valence-electron chi connectivity index (χ2n) is 16.7. The Balaban J connectivity index is 1.30. The number of rotatable bonds is 11. The number of fused-ring (bicyclic) bond motifs is 3. The zero-order valence-electron chi connectivity index (χ0n) is 31.9. The Morgan fingerprint density at radius 2 is 1.78 bits per heavy atom. The second kappa shape index (κ2) is 13.9. The van der Waals surface area contributed by atoms with E-state index in [0.717, 1.165) is 5.39 Å². The molecule has 1 saturated heterocycles. The van der Waals surface area contributed by atoms with Crippen molar-refractivity contribution < 1.29 is 46.5 Å². The molecule has 294 valence electrons. The predicted molar refractivity (Wildman–Crippen MR) is 198 cm³/mol. The van der Waals surface area contributed by atoms with Crippen LogP contribution in [0.5, 0.6) is 17.4 Å². The maximum Gasteiger partial charge on any atom is 0.408 e. The molecule has 0 bridgehead atoms. The summed E-state index contributed by atoms with van der Waals surface area (Å²) in [5.74, 6) is -1.24. The molecule has 5 atom stereocenters. The Bertz CT molecular complexity index is 1970. The minimum atomic E-state index is -4.02. The summed E-state index contributed by atoms with van der Waals surface area (Å²) in [6.45, 7) is 16.7. The molecule has 3 heterocycles. The summed E-state index contributed by atoms with van der Waals surface area (Å²) in [6, 6.07) is 3.05. The number of carbonyl (C=O) groups is 4. The maximum atomic E-state index is 14.6. The number of benzene rings is 1. The van der Waals surface area contributed by atoms with Gasteiger partial charge < -0.3 is 34.5 Å². The van der Waals surface area contributed by atoms with Crippen molar-refractivity contribution in [2.45, 2.75) is 115 Å². The SMILES string of the molecule is C=C[C@@H]1C[C@]1(NC(=O)[C@@H]1CC(Oc2nccc3c4c(ccc23)OCCO4)CN1C(=O)[C@@H](NC(=O)OC(C)(C)C)C(C)(C)C)C(=O)NS(=O)(=O)C1(CC)CC1. The van der Waals surface area contributed by atoms with E-state index in [2.05, 4.69) is 26.9 Å². The number of pyridine rings is 1. The van der Waals surface area contributed by atoms with Crippen molar-refractivity contribution in [1.29, 1.82) is 0 Å². The van der Waals surface area contributed by atoms with Gasteiger partial charge >= 0.3 is 6.09 Å². The number of carbonyl (C=O) groups excluding carboxylic acids is 4.